The van der Waals surface area contributed by atoms with Crippen LogP contribution in [0.1, 0.15) is 31.8 Å². The molecule has 1 aliphatic rings. The lowest BCUT2D eigenvalue weighted by molar-refractivity contribution is 0.0705. The molecule has 1 saturated heterocycles. The maximum Gasteiger partial charge on any atom is 0.277 e. The maximum atomic E-state index is 13.1. The molecule has 0 radical (unpaired) electrons. The maximum absolute atomic E-state index is 13.1. The molecule has 1 aliphatic heterocycles. The van der Waals surface area contributed by atoms with Crippen LogP contribution in [0.2, 0.25) is 0 Å². The minimum atomic E-state index is -0.655. The van der Waals surface area contributed by atoms with E-state index in [-0.39, 0.29) is 17.5 Å². The Morgan fingerprint density at radius 2 is 1.68 bits per heavy atom. The summed E-state index contributed by atoms with van der Waals surface area (Å²) >= 11 is 0. The van der Waals surface area contributed by atoms with Crippen LogP contribution in [0.5, 0.6) is 0 Å². The van der Waals surface area contributed by atoms with Crippen molar-refractivity contribution in [2.45, 2.75) is 6.04 Å². The van der Waals surface area contributed by atoms with Crippen molar-refractivity contribution in [1.82, 2.24) is 25.7 Å². The topological polar surface area (TPSA) is 111 Å². The number of hydrogen-bond acceptors (Lipinski definition) is 7. The number of piperazine rings is 1. The molecule has 0 bridgehead atoms. The molecule has 1 atom stereocenters. The Bertz CT molecular complexity index is 1280. The van der Waals surface area contributed by atoms with Gasteiger partial charge >= 0.3 is 0 Å². The zero-order chi connectivity index (χ0) is 26.0. The van der Waals surface area contributed by atoms with E-state index in [1.54, 1.807) is 23.7 Å². The monoisotopic (exact) mass is 496 g/mol. The van der Waals surface area contributed by atoms with Crippen LogP contribution in [0.15, 0.2) is 73.1 Å². The van der Waals surface area contributed by atoms with Gasteiger partial charge in [0.05, 0.1) is 17.2 Å². The molecule has 3 N–H and O–H groups in total. The van der Waals surface area contributed by atoms with Gasteiger partial charge in [-0.1, -0.05) is 60.5 Å². The summed E-state index contributed by atoms with van der Waals surface area (Å²) < 4.78 is 0. The molecule has 1 unspecified atom stereocenters. The van der Waals surface area contributed by atoms with Crippen molar-refractivity contribution in [3.05, 3.63) is 95.3 Å². The van der Waals surface area contributed by atoms with Crippen molar-refractivity contribution >= 4 is 23.8 Å². The molecule has 1 aromatic heterocycles. The van der Waals surface area contributed by atoms with Gasteiger partial charge < -0.3 is 10.2 Å². The molecule has 2 heterocycles. The summed E-state index contributed by atoms with van der Waals surface area (Å²) in [5.74, 6) is 2.24. The molecular weight excluding hydrogens is 468 g/mol. The van der Waals surface area contributed by atoms with Crippen LogP contribution in [-0.4, -0.2) is 70.7 Å². The highest BCUT2D eigenvalue weighted by Crippen LogP contribution is 2.13. The molecule has 37 heavy (non-hydrogen) atoms. The molecule has 0 spiro atoms. The van der Waals surface area contributed by atoms with Crippen LogP contribution < -0.4 is 15.7 Å². The number of nitrogens with one attached hydrogen (secondary N) is 2. The average molecular weight is 497 g/mol. The lowest BCUT2D eigenvalue weighted by atomic mass is 10.1. The van der Waals surface area contributed by atoms with Crippen molar-refractivity contribution < 1.29 is 14.8 Å². The molecule has 9 heteroatoms. The van der Waals surface area contributed by atoms with Crippen LogP contribution in [0, 0.1) is 12.3 Å². The van der Waals surface area contributed by atoms with Gasteiger partial charge in [0, 0.05) is 50.7 Å². The lowest BCUT2D eigenvalue weighted by Crippen LogP contribution is -2.51. The average Bonchev–Trinajstić information content (AvgIpc) is 2.96. The molecule has 0 saturated carbocycles. The molecule has 9 nitrogen and oxygen atoms in total. The number of amides is 2. The SMILES string of the molecule is C#Cc1ccccc1C(=O)NC(/C=C/c1ccccc1)CN1CCN(c2ncc(C(=O)NO)cn2)CC1. The summed E-state index contributed by atoms with van der Waals surface area (Å²) in [6, 6.07) is 16.8. The first kappa shape index (κ1) is 25.6. The largest absolute Gasteiger partial charge is 0.344 e. The van der Waals surface area contributed by atoms with Crippen molar-refractivity contribution in [2.75, 3.05) is 37.6 Å². The summed E-state index contributed by atoms with van der Waals surface area (Å²) in [7, 11) is 0. The van der Waals surface area contributed by atoms with Crippen LogP contribution in [0.4, 0.5) is 5.95 Å². The normalized spacial score (nSPS) is 14.6. The van der Waals surface area contributed by atoms with Gasteiger partial charge in [-0.15, -0.1) is 6.42 Å². The zero-order valence-corrected chi connectivity index (χ0v) is 20.2. The third-order valence-corrected chi connectivity index (χ3v) is 6.08. The fraction of sp³-hybridized carbons (Fsp3) is 0.214. The van der Waals surface area contributed by atoms with Crippen LogP contribution in [0.25, 0.3) is 6.08 Å². The van der Waals surface area contributed by atoms with Gasteiger partial charge in [0.1, 0.15) is 0 Å². The number of carbonyl (C=O) groups excluding carboxylic acids is 2. The van der Waals surface area contributed by atoms with Crippen molar-refractivity contribution in [3.8, 4) is 12.3 Å². The number of anilines is 1. The van der Waals surface area contributed by atoms with Gasteiger partial charge in [0.15, 0.2) is 0 Å². The molecule has 4 rings (SSSR count). The van der Waals surface area contributed by atoms with Crippen LogP contribution >= 0.6 is 0 Å². The van der Waals surface area contributed by atoms with E-state index in [1.165, 1.54) is 12.4 Å². The van der Waals surface area contributed by atoms with Gasteiger partial charge in [0.25, 0.3) is 11.8 Å². The second-order valence-electron chi connectivity index (χ2n) is 8.54. The number of nitrogens with zero attached hydrogens (tertiary/aromatic N) is 4. The van der Waals surface area contributed by atoms with E-state index in [0.717, 1.165) is 18.7 Å². The summed E-state index contributed by atoms with van der Waals surface area (Å²) in [5, 5.41) is 11.9. The molecule has 2 aromatic carbocycles. The number of terminal acetylenes is 1. The molecule has 3 aromatic rings. The van der Waals surface area contributed by atoms with Gasteiger partial charge in [-0.2, -0.15) is 0 Å². The number of benzene rings is 2. The van der Waals surface area contributed by atoms with Gasteiger partial charge in [0.2, 0.25) is 5.95 Å². The lowest BCUT2D eigenvalue weighted by Gasteiger charge is -2.36. The number of rotatable bonds is 8. The third-order valence-electron chi connectivity index (χ3n) is 6.08. The van der Waals surface area contributed by atoms with Gasteiger partial charge in [-0.05, 0) is 17.7 Å². The number of carbonyl (C=O) groups is 2. The Morgan fingerprint density at radius 1 is 1.00 bits per heavy atom. The molecule has 1 fully saturated rings. The molecular formula is C28H28N6O3. The quantitative estimate of drug-likeness (QED) is 0.249. The second-order valence-corrected chi connectivity index (χ2v) is 8.54. The molecule has 188 valence electrons. The predicted molar refractivity (Wildman–Crippen MR) is 141 cm³/mol. The van der Waals surface area contributed by atoms with E-state index in [0.29, 0.717) is 36.7 Å². The Hall–Kier alpha value is -4.52. The van der Waals surface area contributed by atoms with Gasteiger partial charge in [-0.25, -0.2) is 15.4 Å². The van der Waals surface area contributed by atoms with E-state index in [9.17, 15) is 9.59 Å². The van der Waals surface area contributed by atoms with E-state index >= 15 is 0 Å². The van der Waals surface area contributed by atoms with E-state index in [2.05, 4.69) is 26.1 Å². The van der Waals surface area contributed by atoms with Crippen LogP contribution in [-0.2, 0) is 0 Å². The number of hydroxylamine groups is 1. The van der Waals surface area contributed by atoms with E-state index < -0.39 is 5.91 Å². The Labute approximate surface area is 215 Å². The summed E-state index contributed by atoms with van der Waals surface area (Å²) in [4.78, 5) is 37.4. The second kappa shape index (κ2) is 12.4. The van der Waals surface area contributed by atoms with Crippen LogP contribution in [0.3, 0.4) is 0 Å². The van der Waals surface area contributed by atoms with Crippen molar-refractivity contribution in [3.63, 3.8) is 0 Å². The highest BCUT2D eigenvalue weighted by molar-refractivity contribution is 5.97. The third kappa shape index (κ3) is 6.79. The number of hydrogen-bond donors (Lipinski definition) is 3. The summed E-state index contributed by atoms with van der Waals surface area (Å²) in [5.41, 5.74) is 3.83. The predicted octanol–water partition coefficient (Wildman–Crippen LogP) is 2.21. The highest BCUT2D eigenvalue weighted by Gasteiger charge is 2.22. The summed E-state index contributed by atoms with van der Waals surface area (Å²) in [6.07, 6.45) is 12.4. The minimum absolute atomic E-state index is 0.181. The van der Waals surface area contributed by atoms with E-state index in [4.69, 9.17) is 11.6 Å². The fourth-order valence-electron chi connectivity index (χ4n) is 4.07. The zero-order valence-electron chi connectivity index (χ0n) is 20.2. The number of aromatic nitrogens is 2. The first-order valence-corrected chi connectivity index (χ1v) is 11.9. The highest BCUT2D eigenvalue weighted by atomic mass is 16.5. The standard InChI is InChI=1S/C28H28N6O3/c1-2-22-10-6-7-11-25(22)27(36)31-24(13-12-21-8-4-3-5-9-21)20-33-14-16-34(17-15-33)28-29-18-23(19-30-28)26(35)32-37/h1,3-13,18-19,24,37H,14-17,20H2,(H,31,36)(H,32,35)/b13-12+. The smallest absolute Gasteiger partial charge is 0.277 e. The molecule has 0 aliphatic carbocycles. The Kier molecular flexibility index (Phi) is 8.60. The van der Waals surface area contributed by atoms with Crippen molar-refractivity contribution in [2.24, 2.45) is 0 Å². The molecule has 2 amide bonds. The summed E-state index contributed by atoms with van der Waals surface area (Å²) in [6.45, 7) is 3.49. The Morgan fingerprint density at radius 3 is 2.35 bits per heavy atom. The Balaban J connectivity index is 1.42. The van der Waals surface area contributed by atoms with Gasteiger partial charge in [-0.3, -0.25) is 19.7 Å². The first-order valence-electron chi connectivity index (χ1n) is 11.9. The minimum Gasteiger partial charge on any atom is -0.344 e. The fourth-order valence-corrected chi connectivity index (χ4v) is 4.07. The van der Waals surface area contributed by atoms with Crippen molar-refractivity contribution in [1.29, 1.82) is 0 Å². The van der Waals surface area contributed by atoms with E-state index in [1.807, 2.05) is 53.5 Å². The first-order chi connectivity index (χ1) is 18.1.